The van der Waals surface area contributed by atoms with E-state index < -0.39 is 23.9 Å². The largest absolute Gasteiger partial charge is 0.478 e. The maximum atomic E-state index is 12.1. The number of aromatic nitrogens is 1. The fraction of sp³-hybridized carbons (Fsp3) is 0.385. The van der Waals surface area contributed by atoms with Gasteiger partial charge < -0.3 is 15.2 Å². The van der Waals surface area contributed by atoms with Crippen LogP contribution >= 0.6 is 0 Å². The van der Waals surface area contributed by atoms with E-state index >= 15 is 0 Å². The molecule has 1 aromatic heterocycles. The van der Waals surface area contributed by atoms with Crippen molar-refractivity contribution < 1.29 is 24.2 Å². The van der Waals surface area contributed by atoms with Crippen LogP contribution in [0.4, 0.5) is 0 Å². The first-order valence-electron chi connectivity index (χ1n) is 5.95. The zero-order valence-electron chi connectivity index (χ0n) is 11.4. The molecule has 1 rings (SSSR count). The van der Waals surface area contributed by atoms with Crippen LogP contribution in [0.3, 0.4) is 0 Å². The van der Waals surface area contributed by atoms with Crippen LogP contribution in [0.15, 0.2) is 18.3 Å². The number of aromatic carboxylic acids is 1. The van der Waals surface area contributed by atoms with Crippen molar-refractivity contribution in [3.05, 3.63) is 29.6 Å². The highest BCUT2D eigenvalue weighted by molar-refractivity contribution is 6.04. The molecule has 0 aliphatic carbocycles. The number of carboxylic acid groups (broad SMARTS) is 1. The molecule has 1 amide bonds. The first kappa shape index (κ1) is 15.6. The average molecular weight is 280 g/mol. The summed E-state index contributed by atoms with van der Waals surface area (Å²) >= 11 is 0. The van der Waals surface area contributed by atoms with Gasteiger partial charge in [0.25, 0.3) is 5.91 Å². The van der Waals surface area contributed by atoms with Crippen molar-refractivity contribution in [3.8, 4) is 0 Å². The lowest BCUT2D eigenvalue weighted by Gasteiger charge is -2.19. The van der Waals surface area contributed by atoms with Gasteiger partial charge in [-0.3, -0.25) is 9.78 Å². The zero-order chi connectivity index (χ0) is 15.3. The van der Waals surface area contributed by atoms with E-state index in [0.717, 1.165) is 0 Å². The third-order valence-electron chi connectivity index (χ3n) is 2.66. The molecule has 0 radical (unpaired) electrons. The van der Waals surface area contributed by atoms with Crippen molar-refractivity contribution in [3.63, 3.8) is 0 Å². The number of rotatable bonds is 5. The van der Waals surface area contributed by atoms with Crippen molar-refractivity contribution in [2.24, 2.45) is 5.92 Å². The molecule has 2 N–H and O–H groups in total. The van der Waals surface area contributed by atoms with E-state index in [1.165, 1.54) is 25.4 Å². The highest BCUT2D eigenvalue weighted by Crippen LogP contribution is 2.09. The summed E-state index contributed by atoms with van der Waals surface area (Å²) in [6, 6.07) is 1.82. The fourth-order valence-electron chi connectivity index (χ4n) is 1.59. The predicted molar refractivity (Wildman–Crippen MR) is 69.3 cm³/mol. The van der Waals surface area contributed by atoms with Gasteiger partial charge in [0.1, 0.15) is 11.7 Å². The Kier molecular flexibility index (Phi) is 5.19. The van der Waals surface area contributed by atoms with Crippen molar-refractivity contribution in [2.45, 2.75) is 19.9 Å². The molecule has 0 fully saturated rings. The molecule has 0 saturated carbocycles. The van der Waals surface area contributed by atoms with E-state index in [9.17, 15) is 14.4 Å². The second-order valence-electron chi connectivity index (χ2n) is 4.42. The standard InChI is InChI=1S/C13H16N2O5/c1-7(2)9(13(19)20-3)15-11(16)10-8(12(17)18)5-4-6-14-10/h4-7,9H,1-3H3,(H,15,16)(H,17,18). The molecule has 0 spiro atoms. The highest BCUT2D eigenvalue weighted by Gasteiger charge is 2.27. The van der Waals surface area contributed by atoms with Crippen LogP contribution in [0.1, 0.15) is 34.7 Å². The van der Waals surface area contributed by atoms with Crippen molar-refractivity contribution in [1.29, 1.82) is 0 Å². The van der Waals surface area contributed by atoms with Gasteiger partial charge in [0.15, 0.2) is 0 Å². The Morgan fingerprint density at radius 1 is 1.35 bits per heavy atom. The maximum absolute atomic E-state index is 12.1. The number of carbonyl (C=O) groups excluding carboxylic acids is 2. The van der Waals surface area contributed by atoms with Crippen LogP contribution in [-0.2, 0) is 9.53 Å². The molecule has 7 nitrogen and oxygen atoms in total. The van der Waals surface area contributed by atoms with Crippen LogP contribution in [0.5, 0.6) is 0 Å². The molecule has 0 aromatic carbocycles. The number of nitrogens with zero attached hydrogens (tertiary/aromatic N) is 1. The van der Waals surface area contributed by atoms with Gasteiger partial charge in [-0.25, -0.2) is 9.59 Å². The molecule has 1 unspecified atom stereocenters. The van der Waals surface area contributed by atoms with E-state index in [1.54, 1.807) is 13.8 Å². The Morgan fingerprint density at radius 2 is 2.00 bits per heavy atom. The minimum Gasteiger partial charge on any atom is -0.478 e. The second kappa shape index (κ2) is 6.65. The van der Waals surface area contributed by atoms with Gasteiger partial charge in [-0.05, 0) is 18.1 Å². The van der Waals surface area contributed by atoms with E-state index in [0.29, 0.717) is 0 Å². The molecule has 0 bridgehead atoms. The van der Waals surface area contributed by atoms with Gasteiger partial charge in [-0.1, -0.05) is 13.8 Å². The van der Waals surface area contributed by atoms with Crippen LogP contribution in [0.25, 0.3) is 0 Å². The molecule has 0 saturated heterocycles. The minimum absolute atomic E-state index is 0.205. The monoisotopic (exact) mass is 280 g/mol. The Hall–Kier alpha value is -2.44. The Bertz CT molecular complexity index is 527. The first-order chi connectivity index (χ1) is 9.38. The van der Waals surface area contributed by atoms with Gasteiger partial charge >= 0.3 is 11.9 Å². The van der Waals surface area contributed by atoms with Crippen molar-refractivity contribution >= 4 is 17.8 Å². The van der Waals surface area contributed by atoms with Crippen LogP contribution in [0.2, 0.25) is 0 Å². The van der Waals surface area contributed by atoms with Gasteiger partial charge in [0.05, 0.1) is 12.7 Å². The number of carbonyl (C=O) groups is 3. The molecular formula is C13H16N2O5. The smallest absolute Gasteiger partial charge is 0.338 e. The number of hydrogen-bond donors (Lipinski definition) is 2. The van der Waals surface area contributed by atoms with Crippen LogP contribution in [0, 0.1) is 5.92 Å². The molecule has 1 heterocycles. The summed E-state index contributed by atoms with van der Waals surface area (Å²) in [5.41, 5.74) is -0.466. The number of esters is 1. The zero-order valence-corrected chi connectivity index (χ0v) is 11.4. The predicted octanol–water partition coefficient (Wildman–Crippen LogP) is 0.707. The number of amides is 1. The lowest BCUT2D eigenvalue weighted by Crippen LogP contribution is -2.45. The fourth-order valence-corrected chi connectivity index (χ4v) is 1.59. The molecular weight excluding hydrogens is 264 g/mol. The summed E-state index contributed by atoms with van der Waals surface area (Å²) < 4.78 is 4.60. The summed E-state index contributed by atoms with van der Waals surface area (Å²) in [5, 5.41) is 11.4. The van der Waals surface area contributed by atoms with E-state index in [-0.39, 0.29) is 17.2 Å². The van der Waals surface area contributed by atoms with E-state index in [4.69, 9.17) is 5.11 Å². The molecule has 0 aliphatic heterocycles. The number of methoxy groups -OCH3 is 1. The van der Waals surface area contributed by atoms with Crippen molar-refractivity contribution in [2.75, 3.05) is 7.11 Å². The summed E-state index contributed by atoms with van der Waals surface area (Å²) in [7, 11) is 1.22. The molecule has 20 heavy (non-hydrogen) atoms. The number of nitrogens with one attached hydrogen (secondary N) is 1. The maximum Gasteiger partial charge on any atom is 0.338 e. The topological polar surface area (TPSA) is 106 Å². The Labute approximate surface area is 116 Å². The highest BCUT2D eigenvalue weighted by atomic mass is 16.5. The van der Waals surface area contributed by atoms with Crippen LogP contribution < -0.4 is 5.32 Å². The molecule has 1 aromatic rings. The summed E-state index contributed by atoms with van der Waals surface area (Å²) in [4.78, 5) is 38.4. The summed E-state index contributed by atoms with van der Waals surface area (Å²) in [5.74, 6) is -2.79. The summed E-state index contributed by atoms with van der Waals surface area (Å²) in [6.07, 6.45) is 1.31. The SMILES string of the molecule is COC(=O)C(NC(=O)c1ncccc1C(=O)O)C(C)C. The molecule has 108 valence electrons. The van der Waals surface area contributed by atoms with Crippen molar-refractivity contribution in [1.82, 2.24) is 10.3 Å². The van der Waals surface area contributed by atoms with E-state index in [2.05, 4.69) is 15.0 Å². The summed E-state index contributed by atoms with van der Waals surface area (Å²) in [6.45, 7) is 3.47. The van der Waals surface area contributed by atoms with E-state index in [1.807, 2.05) is 0 Å². The van der Waals surface area contributed by atoms with Gasteiger partial charge in [0.2, 0.25) is 0 Å². The minimum atomic E-state index is -1.26. The number of pyridine rings is 1. The number of ether oxygens (including phenoxy) is 1. The Morgan fingerprint density at radius 3 is 2.50 bits per heavy atom. The number of carboxylic acids is 1. The van der Waals surface area contributed by atoms with Gasteiger partial charge in [-0.2, -0.15) is 0 Å². The Balaban J connectivity index is 3.01. The average Bonchev–Trinajstić information content (AvgIpc) is 2.43. The quantitative estimate of drug-likeness (QED) is 0.769. The molecule has 1 atom stereocenters. The third-order valence-corrected chi connectivity index (χ3v) is 2.66. The van der Waals surface area contributed by atoms with Crippen LogP contribution in [-0.4, -0.2) is 41.1 Å². The van der Waals surface area contributed by atoms with Gasteiger partial charge in [-0.15, -0.1) is 0 Å². The normalized spacial score (nSPS) is 11.8. The molecule has 0 aliphatic rings. The third kappa shape index (κ3) is 3.53. The van der Waals surface area contributed by atoms with Gasteiger partial charge in [0, 0.05) is 6.20 Å². The lowest BCUT2D eigenvalue weighted by molar-refractivity contribution is -0.144. The lowest BCUT2D eigenvalue weighted by atomic mass is 10.0. The second-order valence-corrected chi connectivity index (χ2v) is 4.42. The molecule has 7 heteroatoms. The first-order valence-corrected chi connectivity index (χ1v) is 5.95. The number of hydrogen-bond acceptors (Lipinski definition) is 5.